The zero-order valence-electron chi connectivity index (χ0n) is 16.7. The number of hydrogen-bond donors (Lipinski definition) is 1. The van der Waals surface area contributed by atoms with Gasteiger partial charge in [-0.05, 0) is 81.8 Å². The van der Waals surface area contributed by atoms with E-state index in [-0.39, 0.29) is 11.1 Å². The molecule has 2 aromatic rings. The smallest absolute Gasteiger partial charge is 0.330 e. The van der Waals surface area contributed by atoms with Gasteiger partial charge in [0.25, 0.3) is 17.7 Å². The predicted molar refractivity (Wildman–Crippen MR) is 132 cm³/mol. The van der Waals surface area contributed by atoms with Crippen LogP contribution in [0.1, 0.15) is 34.6 Å². The van der Waals surface area contributed by atoms with Crippen molar-refractivity contribution in [1.29, 1.82) is 0 Å². The molecular formula is C21H16Br4N2O5. The lowest BCUT2D eigenvalue weighted by Crippen LogP contribution is -2.49. The number of amides is 3. The van der Waals surface area contributed by atoms with Gasteiger partial charge in [0.1, 0.15) is 6.04 Å². The second kappa shape index (κ2) is 10.1. The van der Waals surface area contributed by atoms with Crippen LogP contribution in [0.5, 0.6) is 0 Å². The van der Waals surface area contributed by atoms with Crippen LogP contribution >= 0.6 is 63.7 Å². The molecule has 7 nitrogen and oxygen atoms in total. The number of rotatable bonds is 6. The lowest BCUT2D eigenvalue weighted by Gasteiger charge is -2.27. The van der Waals surface area contributed by atoms with Gasteiger partial charge in [-0.15, -0.1) is 0 Å². The van der Waals surface area contributed by atoms with Crippen LogP contribution in [0.25, 0.3) is 0 Å². The number of esters is 1. The number of fused-ring (bicyclic) bond motifs is 1. The third kappa shape index (κ3) is 4.71. The molecule has 0 fully saturated rings. The van der Waals surface area contributed by atoms with Crippen molar-refractivity contribution in [3.8, 4) is 0 Å². The Balaban J connectivity index is 1.82. The molecular weight excluding hydrogens is 680 g/mol. The molecule has 1 atom stereocenters. The number of carbonyl (C=O) groups excluding carboxylic acids is 4. The highest BCUT2D eigenvalue weighted by Crippen LogP contribution is 2.46. The van der Waals surface area contributed by atoms with Crippen molar-refractivity contribution in [2.75, 3.05) is 11.9 Å². The summed E-state index contributed by atoms with van der Waals surface area (Å²) in [5, 5.41) is 2.61. The molecule has 1 aliphatic rings. The minimum Gasteiger partial charge on any atom is -0.454 e. The standard InChI is InChI=1S/C21H16Br4N2O5/c1-9(2)18(21(31)32-8-11(28)26-10-6-4-3-5-7-10)27-19(29)12-13(20(27)30)15(23)17(25)16(24)14(12)22/h3-7,9,18H,8H2,1-2H3,(H,26,28)/t18-/m1/s1. The summed E-state index contributed by atoms with van der Waals surface area (Å²) in [6.45, 7) is 2.83. The van der Waals surface area contributed by atoms with Crippen molar-refractivity contribution in [3.63, 3.8) is 0 Å². The van der Waals surface area contributed by atoms with E-state index in [1.54, 1.807) is 44.2 Å². The molecule has 3 amide bonds. The van der Waals surface area contributed by atoms with Crippen LogP contribution in [0.2, 0.25) is 0 Å². The van der Waals surface area contributed by atoms with Crippen LogP contribution < -0.4 is 5.32 Å². The molecule has 1 aliphatic heterocycles. The summed E-state index contributed by atoms with van der Waals surface area (Å²) < 4.78 is 7.05. The third-order valence-corrected chi connectivity index (χ3v) is 9.45. The van der Waals surface area contributed by atoms with Gasteiger partial charge in [0.05, 0.1) is 11.1 Å². The number of anilines is 1. The lowest BCUT2D eigenvalue weighted by molar-refractivity contribution is -0.152. The van der Waals surface area contributed by atoms with E-state index in [1.165, 1.54) is 0 Å². The summed E-state index contributed by atoms with van der Waals surface area (Å²) in [6.07, 6.45) is 0. The van der Waals surface area contributed by atoms with Crippen LogP contribution in [0, 0.1) is 5.92 Å². The molecule has 3 rings (SSSR count). The Bertz CT molecular complexity index is 1070. The first-order chi connectivity index (χ1) is 15.1. The van der Waals surface area contributed by atoms with Crippen molar-refractivity contribution in [2.45, 2.75) is 19.9 Å². The largest absolute Gasteiger partial charge is 0.454 e. The number of para-hydroxylation sites is 1. The number of nitrogens with zero attached hydrogens (tertiary/aromatic N) is 1. The number of ether oxygens (including phenoxy) is 1. The topological polar surface area (TPSA) is 92.8 Å². The molecule has 11 heteroatoms. The SMILES string of the molecule is CC(C)[C@H](C(=O)OCC(=O)Nc1ccccc1)N1C(=O)c2c(Br)c(Br)c(Br)c(Br)c2C1=O. The predicted octanol–water partition coefficient (Wildman–Crippen LogP) is 5.54. The van der Waals surface area contributed by atoms with Gasteiger partial charge >= 0.3 is 5.97 Å². The number of imide groups is 1. The van der Waals surface area contributed by atoms with Crippen LogP contribution in [-0.4, -0.2) is 41.2 Å². The zero-order valence-corrected chi connectivity index (χ0v) is 23.1. The van der Waals surface area contributed by atoms with Crippen molar-refractivity contribution < 1.29 is 23.9 Å². The Morgan fingerprint density at radius 1 is 0.906 bits per heavy atom. The maximum absolute atomic E-state index is 13.2. The maximum Gasteiger partial charge on any atom is 0.330 e. The minimum absolute atomic E-state index is 0.136. The summed E-state index contributed by atoms with van der Waals surface area (Å²) in [5.41, 5.74) is 0.828. The van der Waals surface area contributed by atoms with Gasteiger partial charge in [-0.25, -0.2) is 4.79 Å². The van der Waals surface area contributed by atoms with E-state index in [9.17, 15) is 19.2 Å². The molecule has 0 bridgehead atoms. The molecule has 1 heterocycles. The van der Waals surface area contributed by atoms with E-state index in [1.807, 2.05) is 0 Å². The number of halogens is 4. The molecule has 0 aliphatic carbocycles. The molecule has 32 heavy (non-hydrogen) atoms. The summed E-state index contributed by atoms with van der Waals surface area (Å²) in [7, 11) is 0. The lowest BCUT2D eigenvalue weighted by atomic mass is 10.0. The van der Waals surface area contributed by atoms with Crippen molar-refractivity contribution in [2.24, 2.45) is 5.92 Å². The number of hydrogen-bond acceptors (Lipinski definition) is 5. The Hall–Kier alpha value is -1.56. The maximum atomic E-state index is 13.2. The number of benzene rings is 2. The highest BCUT2D eigenvalue weighted by atomic mass is 79.9. The van der Waals surface area contributed by atoms with E-state index in [4.69, 9.17) is 4.74 Å². The Kier molecular flexibility index (Phi) is 7.95. The van der Waals surface area contributed by atoms with Crippen molar-refractivity contribution in [3.05, 3.63) is 59.3 Å². The fraction of sp³-hybridized carbons (Fsp3) is 0.238. The molecule has 0 saturated carbocycles. The van der Waals surface area contributed by atoms with Crippen LogP contribution in [0.3, 0.4) is 0 Å². The highest BCUT2D eigenvalue weighted by Gasteiger charge is 2.47. The monoisotopic (exact) mass is 692 g/mol. The van der Waals surface area contributed by atoms with E-state index in [0.29, 0.717) is 23.6 Å². The second-order valence-electron chi connectivity index (χ2n) is 7.20. The Morgan fingerprint density at radius 3 is 1.88 bits per heavy atom. The van der Waals surface area contributed by atoms with E-state index in [2.05, 4.69) is 69.0 Å². The first-order valence-corrected chi connectivity index (χ1v) is 12.5. The van der Waals surface area contributed by atoms with Crippen LogP contribution in [0.4, 0.5) is 5.69 Å². The third-order valence-electron chi connectivity index (χ3n) is 4.69. The Labute approximate surface area is 217 Å². The summed E-state index contributed by atoms with van der Waals surface area (Å²) in [5.74, 6) is -3.09. The molecule has 0 aromatic heterocycles. The fourth-order valence-corrected chi connectivity index (χ4v) is 5.69. The molecule has 0 spiro atoms. The second-order valence-corrected chi connectivity index (χ2v) is 10.4. The number of nitrogens with one attached hydrogen (secondary N) is 1. The molecule has 0 radical (unpaired) electrons. The summed E-state index contributed by atoms with van der Waals surface area (Å²) >= 11 is 13.4. The molecule has 0 unspecified atom stereocenters. The van der Waals surface area contributed by atoms with Gasteiger partial charge in [0.2, 0.25) is 0 Å². The molecule has 168 valence electrons. The van der Waals surface area contributed by atoms with Gasteiger partial charge in [-0.3, -0.25) is 19.3 Å². The van der Waals surface area contributed by atoms with Crippen molar-refractivity contribution in [1.82, 2.24) is 4.90 Å². The number of carbonyl (C=O) groups is 4. The first-order valence-electron chi connectivity index (χ1n) is 9.31. The van der Waals surface area contributed by atoms with Crippen LogP contribution in [-0.2, 0) is 14.3 Å². The van der Waals surface area contributed by atoms with Gasteiger partial charge in [0, 0.05) is 23.6 Å². The summed E-state index contributed by atoms with van der Waals surface area (Å²) in [6, 6.07) is 7.50. The summed E-state index contributed by atoms with van der Waals surface area (Å²) in [4.78, 5) is 52.3. The first kappa shape index (κ1) is 25.1. The van der Waals surface area contributed by atoms with Crippen LogP contribution in [0.15, 0.2) is 48.2 Å². The quantitative estimate of drug-likeness (QED) is 0.186. The van der Waals surface area contributed by atoms with E-state index in [0.717, 1.165) is 4.90 Å². The molecule has 1 N–H and O–H groups in total. The average molecular weight is 696 g/mol. The fourth-order valence-electron chi connectivity index (χ4n) is 3.24. The minimum atomic E-state index is -1.21. The van der Waals surface area contributed by atoms with Gasteiger partial charge in [0.15, 0.2) is 6.61 Å². The van der Waals surface area contributed by atoms with Gasteiger partial charge < -0.3 is 10.1 Å². The highest BCUT2D eigenvalue weighted by molar-refractivity contribution is 9.15. The molecule has 2 aromatic carbocycles. The Morgan fingerprint density at radius 2 is 1.41 bits per heavy atom. The van der Waals surface area contributed by atoms with Gasteiger partial charge in [-0.1, -0.05) is 32.0 Å². The van der Waals surface area contributed by atoms with Gasteiger partial charge in [-0.2, -0.15) is 0 Å². The molecule has 0 saturated heterocycles. The van der Waals surface area contributed by atoms with E-state index < -0.39 is 42.3 Å². The normalized spacial score (nSPS) is 13.9. The van der Waals surface area contributed by atoms with E-state index >= 15 is 0 Å². The average Bonchev–Trinajstić information content (AvgIpc) is 3.00. The zero-order chi connectivity index (χ0) is 23.7. The van der Waals surface area contributed by atoms with Crippen molar-refractivity contribution >= 4 is 93.1 Å².